The number of aliphatic carboxylic acids is 1. The van der Waals surface area contributed by atoms with Crippen LogP contribution in [0.5, 0.6) is 5.75 Å². The number of carbonyl (C=O) groups is 3. The monoisotopic (exact) mass is 1210 g/mol. The maximum absolute atomic E-state index is 14.3. The number of carbonyl (C=O) groups excluding carboxylic acids is 2. The average molecular weight is 1210 g/mol. The Morgan fingerprint density at radius 3 is 1.91 bits per heavy atom. The van der Waals surface area contributed by atoms with E-state index in [1.807, 2.05) is 0 Å². The van der Waals surface area contributed by atoms with Gasteiger partial charge in [0.2, 0.25) is 5.91 Å². The molecule has 36 heteroatoms. The van der Waals surface area contributed by atoms with Gasteiger partial charge in [0.15, 0.2) is 11.7 Å². The average Bonchev–Trinajstić information content (AvgIpc) is 3.69. The van der Waals surface area contributed by atoms with Crippen molar-refractivity contribution >= 4 is 34.5 Å². The van der Waals surface area contributed by atoms with Crippen LogP contribution < -0.4 is 27.3 Å². The first-order valence-electron chi connectivity index (χ1n) is 22.6. The van der Waals surface area contributed by atoms with Gasteiger partial charge in [-0.1, -0.05) is 6.07 Å². The lowest BCUT2D eigenvalue weighted by molar-refractivity contribution is -0.463. The quantitative estimate of drug-likeness (QED) is 0.0172. The Hall–Kier alpha value is -7.41. The molecule has 452 valence electrons. The van der Waals surface area contributed by atoms with Crippen molar-refractivity contribution in [2.45, 2.75) is 97.6 Å². The molecule has 0 radical (unpaired) electrons. The summed E-state index contributed by atoms with van der Waals surface area (Å²) < 4.78 is 251. The first-order chi connectivity index (χ1) is 37.7. The van der Waals surface area contributed by atoms with E-state index in [1.165, 1.54) is 37.4 Å². The summed E-state index contributed by atoms with van der Waals surface area (Å²) in [4.78, 5) is 72.5. The van der Waals surface area contributed by atoms with E-state index in [0.29, 0.717) is 32.2 Å². The fraction of sp³-hybridized carbons (Fsp3) is 0.435. The van der Waals surface area contributed by atoms with Crippen molar-refractivity contribution in [3.8, 4) is 28.2 Å². The predicted octanol–water partition coefficient (Wildman–Crippen LogP) is 6.34. The number of fused-ring (bicyclic) bond motifs is 2. The highest BCUT2D eigenvalue weighted by atomic mass is 19.4. The van der Waals surface area contributed by atoms with E-state index < -0.39 is 134 Å². The number of amides is 1. The number of alkyl halides is 17. The highest BCUT2D eigenvalue weighted by molar-refractivity contribution is 6.09. The SMILES string of the molecule is COC(=O)c1cc(NC(=O)CCC(=O)O)ccc1-c1c2ccc(=O)cc-2oc2cc(O)ccc12.O=c1ccn(C2OC(CO)C(O)C2OCCC(CO)NC(F)(F)C(F)(F)C(F)(F)C(F)(F)C(F)(F)C(F)(F)C(F)(F)C(F)(F)F)c(=O)[nH]1. The second-order valence-electron chi connectivity index (χ2n) is 17.4. The van der Waals surface area contributed by atoms with E-state index in [9.17, 15) is 124 Å². The van der Waals surface area contributed by atoms with Crippen LogP contribution in [0.1, 0.15) is 35.8 Å². The maximum Gasteiger partial charge on any atom is 0.460 e. The zero-order valence-corrected chi connectivity index (χ0v) is 40.7. The molecule has 2 aromatic carbocycles. The van der Waals surface area contributed by atoms with Crippen molar-refractivity contribution in [1.82, 2.24) is 14.9 Å². The van der Waals surface area contributed by atoms with Gasteiger partial charge in [-0.3, -0.25) is 28.7 Å². The number of carboxylic acid groups (broad SMARTS) is 1. The number of nitrogens with one attached hydrogen (secondary N) is 3. The molecule has 2 aliphatic heterocycles. The van der Waals surface area contributed by atoms with Crippen molar-refractivity contribution < 1.29 is 133 Å². The zero-order chi connectivity index (χ0) is 62.1. The third kappa shape index (κ3) is 12.3. The number of phenolic OH excluding ortho intramolecular Hbond substituents is 1. The Kier molecular flexibility index (Phi) is 19.0. The number of aromatic hydroxyl groups is 1. The van der Waals surface area contributed by atoms with Gasteiger partial charge in [0, 0.05) is 65.7 Å². The predicted molar refractivity (Wildman–Crippen MR) is 240 cm³/mol. The minimum absolute atomic E-state index is 0.0348. The minimum Gasteiger partial charge on any atom is -0.508 e. The number of halogens is 17. The molecule has 1 saturated heterocycles. The maximum atomic E-state index is 14.3. The molecule has 19 nitrogen and oxygen atoms in total. The van der Waals surface area contributed by atoms with Gasteiger partial charge >= 0.3 is 65.4 Å². The smallest absolute Gasteiger partial charge is 0.460 e. The number of rotatable bonds is 21. The molecule has 6 rings (SSSR count). The highest BCUT2D eigenvalue weighted by Crippen LogP contribution is 2.64. The number of hydrogen-bond donors (Lipinski definition) is 8. The van der Waals surface area contributed by atoms with Crippen LogP contribution in [0.3, 0.4) is 0 Å². The van der Waals surface area contributed by atoms with Gasteiger partial charge in [0.25, 0.3) is 5.56 Å². The van der Waals surface area contributed by atoms with Crippen LogP contribution in [0.15, 0.2) is 85.7 Å². The number of esters is 1. The van der Waals surface area contributed by atoms with Crippen LogP contribution in [-0.4, -0.2) is 152 Å². The Bertz CT molecular complexity index is 3300. The molecule has 1 amide bonds. The van der Waals surface area contributed by atoms with E-state index in [-0.39, 0.29) is 46.3 Å². The first-order valence-corrected chi connectivity index (χ1v) is 22.6. The number of methoxy groups -OCH3 is 1. The summed E-state index contributed by atoms with van der Waals surface area (Å²) in [7, 11) is 1.22. The molecule has 5 unspecified atom stereocenters. The zero-order valence-electron chi connectivity index (χ0n) is 40.7. The van der Waals surface area contributed by atoms with Crippen molar-refractivity contribution in [1.29, 1.82) is 0 Å². The second kappa shape index (κ2) is 23.8. The van der Waals surface area contributed by atoms with Gasteiger partial charge in [-0.2, -0.15) is 74.6 Å². The molecule has 3 aliphatic rings. The molecule has 1 aliphatic carbocycles. The van der Waals surface area contributed by atoms with Crippen LogP contribution in [0.25, 0.3) is 33.4 Å². The lowest BCUT2D eigenvalue weighted by Gasteiger charge is -2.43. The lowest BCUT2D eigenvalue weighted by atomic mass is 9.90. The van der Waals surface area contributed by atoms with E-state index in [0.717, 1.165) is 12.3 Å². The highest BCUT2D eigenvalue weighted by Gasteiger charge is 2.95. The number of carboxylic acids is 1. The van der Waals surface area contributed by atoms with Crippen LogP contribution in [-0.2, 0) is 23.8 Å². The van der Waals surface area contributed by atoms with Gasteiger partial charge in [0.05, 0.1) is 32.3 Å². The number of nitrogens with zero attached hydrogens (tertiary/aromatic N) is 1. The summed E-state index contributed by atoms with van der Waals surface area (Å²) in [5.74, 6) is -53.2. The topological polar surface area (TPSA) is 289 Å². The van der Waals surface area contributed by atoms with Crippen LogP contribution >= 0.6 is 0 Å². The molecule has 3 aromatic rings. The molecule has 1 aromatic heterocycles. The summed E-state index contributed by atoms with van der Waals surface area (Å²) in [6.45, 7) is -4.02. The summed E-state index contributed by atoms with van der Waals surface area (Å²) in [6, 6.07) is 4.44. The third-order valence-electron chi connectivity index (χ3n) is 11.9. The second-order valence-corrected chi connectivity index (χ2v) is 17.4. The van der Waals surface area contributed by atoms with E-state index in [1.54, 1.807) is 29.2 Å². The van der Waals surface area contributed by atoms with Crippen molar-refractivity contribution in [2.75, 3.05) is 32.2 Å². The summed E-state index contributed by atoms with van der Waals surface area (Å²) >= 11 is 0. The fourth-order valence-electron chi connectivity index (χ4n) is 7.68. The molecule has 1 fully saturated rings. The van der Waals surface area contributed by atoms with Gasteiger partial charge in [0.1, 0.15) is 35.4 Å². The van der Waals surface area contributed by atoms with Crippen molar-refractivity contribution in [2.24, 2.45) is 0 Å². The minimum atomic E-state index is -8.80. The molecule has 0 spiro atoms. The van der Waals surface area contributed by atoms with Crippen LogP contribution in [0, 0.1) is 0 Å². The number of H-pyrrole nitrogens is 1. The molecule has 3 heterocycles. The number of benzene rings is 3. The number of aromatic amines is 1. The first kappa shape index (κ1) is 65.4. The molecule has 82 heavy (non-hydrogen) atoms. The largest absolute Gasteiger partial charge is 0.508 e. The molecule has 8 N–H and O–H groups in total. The molecule has 5 atom stereocenters. The molecular formula is C46H39F17N4O15. The van der Waals surface area contributed by atoms with Gasteiger partial charge in [-0.15, -0.1) is 0 Å². The van der Waals surface area contributed by atoms with Crippen LogP contribution in [0.2, 0.25) is 0 Å². The van der Waals surface area contributed by atoms with Gasteiger partial charge in [-0.05, 0) is 48.4 Å². The Balaban J connectivity index is 0.000000317. The fourth-order valence-corrected chi connectivity index (χ4v) is 7.68. The summed E-state index contributed by atoms with van der Waals surface area (Å²) in [5.41, 5.74) is -0.135. The third-order valence-corrected chi connectivity index (χ3v) is 11.9. The number of aromatic nitrogens is 2. The Morgan fingerprint density at radius 1 is 0.756 bits per heavy atom. The standard InChI is InChI=1S/C25H19NO8.C21H20F17N3O7/c1-33-25(32)19-10-13(26-22(29)8-9-23(30)31)2-5-16(19)24-17-6-3-14(27)11-20(17)34-21-12-15(28)4-7-18(21)24;22-14(23,16(26,27)18(30,31)20(34,35)36)15(24,25)17(28,29)19(32,33)21(37,38)40-7(5-42)2-4-47-11-10(45)8(6-43)48-12(11)41-3-1-9(44)39-13(41)46/h2-7,10-12,27H,8-9H2,1H3,(H,26,29)(H,30,31);1,3,7-8,10-12,40,42-43,45H,2,4-6H2,(H,39,44,46). The number of hydrogen-bond acceptors (Lipinski definition) is 15. The Labute approximate surface area is 443 Å². The van der Waals surface area contributed by atoms with Gasteiger partial charge < -0.3 is 49.5 Å². The van der Waals surface area contributed by atoms with Crippen molar-refractivity contribution in [3.63, 3.8) is 0 Å². The molecule has 0 bridgehead atoms. The van der Waals surface area contributed by atoms with Crippen molar-refractivity contribution in [3.05, 3.63) is 103 Å². The normalized spacial score (nSPS) is 18.0. The number of aliphatic hydroxyl groups excluding tert-OH is 3. The summed E-state index contributed by atoms with van der Waals surface area (Å²) in [5, 5.41) is 50.7. The number of anilines is 1. The van der Waals surface area contributed by atoms with Gasteiger partial charge in [-0.25, -0.2) is 14.9 Å². The van der Waals surface area contributed by atoms with E-state index >= 15 is 0 Å². The Morgan fingerprint density at radius 2 is 1.35 bits per heavy atom. The lowest BCUT2D eigenvalue weighted by Crippen LogP contribution is -2.76. The number of phenols is 1. The number of aliphatic hydroxyl groups is 3. The van der Waals surface area contributed by atoms with E-state index in [2.05, 4.69) is 5.32 Å². The number of ether oxygens (including phenoxy) is 3. The molecule has 0 saturated carbocycles. The van der Waals surface area contributed by atoms with E-state index in [4.69, 9.17) is 23.7 Å². The van der Waals surface area contributed by atoms with Crippen LogP contribution in [0.4, 0.5) is 80.3 Å². The summed E-state index contributed by atoms with van der Waals surface area (Å²) in [6.07, 6.45) is -16.0. The molecular weight excluding hydrogens is 1170 g/mol.